The molecule has 0 bridgehead atoms. The first-order chi connectivity index (χ1) is 9.31. The molecule has 2 nitrogen and oxygen atoms in total. The molecule has 0 aliphatic carbocycles. The topological polar surface area (TPSA) is 28.7 Å². The van der Waals surface area contributed by atoms with E-state index < -0.39 is 0 Å². The van der Waals surface area contributed by atoms with Crippen LogP contribution in [0.2, 0.25) is 0 Å². The normalized spacial score (nSPS) is 10.3. The van der Waals surface area contributed by atoms with E-state index in [1.165, 1.54) is 49.5 Å². The third-order valence-corrected chi connectivity index (χ3v) is 3.37. The van der Waals surface area contributed by atoms with Crippen molar-refractivity contribution in [3.05, 3.63) is 30.0 Å². The summed E-state index contributed by atoms with van der Waals surface area (Å²) in [6.45, 7) is 6.66. The monoisotopic (exact) mass is 262 g/mol. The van der Waals surface area contributed by atoms with Crippen molar-refractivity contribution in [3.8, 4) is 0 Å². The van der Waals surface area contributed by atoms with Crippen LogP contribution in [0.25, 0.3) is 10.9 Å². The predicted octanol–water partition coefficient (Wildman–Crippen LogP) is 5.74. The van der Waals surface area contributed by atoms with E-state index in [4.69, 9.17) is 0 Å². The van der Waals surface area contributed by atoms with Crippen molar-refractivity contribution in [2.45, 2.75) is 65.7 Å². The molecule has 19 heavy (non-hydrogen) atoms. The van der Waals surface area contributed by atoms with Gasteiger partial charge in [-0.15, -0.1) is 0 Å². The first kappa shape index (κ1) is 15.7. The molecule has 0 unspecified atom stereocenters. The van der Waals surface area contributed by atoms with Crippen LogP contribution in [0.4, 0.5) is 0 Å². The molecule has 108 valence electrons. The lowest BCUT2D eigenvalue weighted by atomic mass is 10.1. The van der Waals surface area contributed by atoms with Crippen molar-refractivity contribution in [1.82, 2.24) is 10.2 Å². The lowest BCUT2D eigenvalue weighted by molar-refractivity contribution is 0.624. The van der Waals surface area contributed by atoms with E-state index in [0.717, 1.165) is 11.9 Å². The number of rotatable bonds is 6. The maximum absolute atomic E-state index is 3.95. The molecule has 1 heterocycles. The number of aromatic nitrogens is 2. The van der Waals surface area contributed by atoms with Crippen molar-refractivity contribution in [1.29, 1.82) is 0 Å². The average Bonchev–Trinajstić information content (AvgIpc) is 2.91. The van der Waals surface area contributed by atoms with E-state index in [0.29, 0.717) is 0 Å². The van der Waals surface area contributed by atoms with Crippen LogP contribution in [0.1, 0.15) is 66.3 Å². The third kappa shape index (κ3) is 5.91. The van der Waals surface area contributed by atoms with Gasteiger partial charge >= 0.3 is 0 Å². The summed E-state index contributed by atoms with van der Waals surface area (Å²) in [6.07, 6.45) is 11.4. The highest BCUT2D eigenvalue weighted by atomic mass is 15.1. The van der Waals surface area contributed by atoms with Gasteiger partial charge in [0.25, 0.3) is 0 Å². The fourth-order valence-corrected chi connectivity index (χ4v) is 2.06. The SMILES string of the molecule is CCCCCCCC.CCc1ccc2cn[nH]c2c1.[HH]. The minimum atomic E-state index is 0. The highest BCUT2D eigenvalue weighted by molar-refractivity contribution is 5.78. The molecule has 0 spiro atoms. The van der Waals surface area contributed by atoms with E-state index in [2.05, 4.69) is 49.2 Å². The Morgan fingerprint density at radius 2 is 1.68 bits per heavy atom. The second-order valence-electron chi connectivity index (χ2n) is 5.06. The number of H-pyrrole nitrogens is 1. The zero-order valence-corrected chi connectivity index (χ0v) is 12.7. The number of unbranched alkanes of at least 4 members (excludes halogenated alkanes) is 5. The lowest BCUT2D eigenvalue weighted by Gasteiger charge is -1.93. The van der Waals surface area contributed by atoms with Crippen LogP contribution in [0, 0.1) is 0 Å². The average molecular weight is 262 g/mol. The van der Waals surface area contributed by atoms with Crippen molar-refractivity contribution in [2.24, 2.45) is 0 Å². The highest BCUT2D eigenvalue weighted by Gasteiger charge is 1.94. The number of nitrogens with zero attached hydrogens (tertiary/aromatic N) is 1. The van der Waals surface area contributed by atoms with Gasteiger partial charge in [-0.05, 0) is 18.1 Å². The van der Waals surface area contributed by atoms with Crippen LogP contribution in [0.15, 0.2) is 24.4 Å². The van der Waals surface area contributed by atoms with Crippen LogP contribution in [0.5, 0.6) is 0 Å². The quantitative estimate of drug-likeness (QED) is 0.661. The van der Waals surface area contributed by atoms with Crippen LogP contribution < -0.4 is 0 Å². The maximum atomic E-state index is 3.95. The maximum Gasteiger partial charge on any atom is 0.0653 e. The number of fused-ring (bicyclic) bond motifs is 1. The molecule has 1 aromatic heterocycles. The van der Waals surface area contributed by atoms with Crippen molar-refractivity contribution in [3.63, 3.8) is 0 Å². The van der Waals surface area contributed by atoms with Crippen LogP contribution >= 0.6 is 0 Å². The van der Waals surface area contributed by atoms with Crippen LogP contribution in [-0.2, 0) is 6.42 Å². The largest absolute Gasteiger partial charge is 0.278 e. The first-order valence-electron chi connectivity index (χ1n) is 7.73. The molecule has 0 atom stereocenters. The van der Waals surface area contributed by atoms with Crippen molar-refractivity contribution in [2.75, 3.05) is 0 Å². The van der Waals surface area contributed by atoms with E-state index in [-0.39, 0.29) is 1.43 Å². The summed E-state index contributed by atoms with van der Waals surface area (Å²) in [6, 6.07) is 6.37. The molecule has 1 aromatic carbocycles. The van der Waals surface area contributed by atoms with Crippen LogP contribution in [-0.4, -0.2) is 10.2 Å². The molecule has 0 aliphatic rings. The van der Waals surface area contributed by atoms with E-state index in [9.17, 15) is 0 Å². The molecule has 1 N–H and O–H groups in total. The van der Waals surface area contributed by atoms with Gasteiger partial charge < -0.3 is 0 Å². The Morgan fingerprint density at radius 3 is 2.26 bits per heavy atom. The smallest absolute Gasteiger partial charge is 0.0653 e. The first-order valence-corrected chi connectivity index (χ1v) is 7.73. The Morgan fingerprint density at radius 1 is 1.00 bits per heavy atom. The van der Waals surface area contributed by atoms with Crippen molar-refractivity contribution >= 4 is 10.9 Å². The van der Waals surface area contributed by atoms with Gasteiger partial charge in [-0.25, -0.2) is 0 Å². The fraction of sp³-hybridized carbons (Fsp3) is 0.588. The van der Waals surface area contributed by atoms with Gasteiger partial charge in [0.05, 0.1) is 11.7 Å². The standard InChI is InChI=1S/C9H10N2.C8H18.H2/c1-2-7-3-4-8-6-10-11-9(8)5-7;1-3-5-7-8-6-4-2;/h3-6H,2H2,1H3,(H,10,11);3-8H2,1-2H3;1H. The minimum Gasteiger partial charge on any atom is -0.278 e. The second kappa shape index (κ2) is 9.60. The van der Waals surface area contributed by atoms with Gasteiger partial charge in [0, 0.05) is 6.81 Å². The lowest BCUT2D eigenvalue weighted by Crippen LogP contribution is -1.78. The summed E-state index contributed by atoms with van der Waals surface area (Å²) in [7, 11) is 0. The fourth-order valence-electron chi connectivity index (χ4n) is 2.06. The summed E-state index contributed by atoms with van der Waals surface area (Å²) in [4.78, 5) is 0. The number of aromatic amines is 1. The number of nitrogens with one attached hydrogen (secondary N) is 1. The third-order valence-electron chi connectivity index (χ3n) is 3.37. The Balaban J connectivity index is 0.000000364. The predicted molar refractivity (Wildman–Crippen MR) is 86.6 cm³/mol. The summed E-state index contributed by atoms with van der Waals surface area (Å²) >= 11 is 0. The molecule has 2 rings (SSSR count). The Hall–Kier alpha value is -1.31. The molecule has 0 aliphatic heterocycles. The van der Waals surface area contributed by atoms with Gasteiger partial charge in [0.15, 0.2) is 0 Å². The Kier molecular flexibility index (Phi) is 7.95. The molecule has 2 heteroatoms. The van der Waals surface area contributed by atoms with Gasteiger partial charge in [-0.3, -0.25) is 5.10 Å². The van der Waals surface area contributed by atoms with E-state index in [1.807, 2.05) is 6.20 Å². The zero-order chi connectivity index (χ0) is 13.9. The van der Waals surface area contributed by atoms with Crippen LogP contribution in [0.3, 0.4) is 0 Å². The van der Waals surface area contributed by atoms with Gasteiger partial charge in [0.2, 0.25) is 0 Å². The minimum absolute atomic E-state index is 0. The molecular weight excluding hydrogens is 232 g/mol. The summed E-state index contributed by atoms with van der Waals surface area (Å²) in [5, 5.41) is 8.08. The number of hydrogen-bond acceptors (Lipinski definition) is 1. The van der Waals surface area contributed by atoms with E-state index >= 15 is 0 Å². The molecule has 0 fully saturated rings. The molecule has 0 saturated carbocycles. The molecule has 2 aromatic rings. The Labute approximate surface area is 119 Å². The molecule has 0 saturated heterocycles. The summed E-state index contributed by atoms with van der Waals surface area (Å²) in [5.74, 6) is 0. The number of hydrogen-bond donors (Lipinski definition) is 1. The Bertz CT molecular complexity index is 445. The van der Waals surface area contributed by atoms with Gasteiger partial charge in [-0.1, -0.05) is 71.4 Å². The highest BCUT2D eigenvalue weighted by Crippen LogP contribution is 2.12. The molecular formula is C17H30N2. The number of benzene rings is 1. The zero-order valence-electron chi connectivity index (χ0n) is 12.7. The summed E-state index contributed by atoms with van der Waals surface area (Å²) in [5.41, 5.74) is 2.48. The number of aryl methyl sites for hydroxylation is 1. The second-order valence-corrected chi connectivity index (χ2v) is 5.06. The molecule has 0 radical (unpaired) electrons. The van der Waals surface area contributed by atoms with E-state index in [1.54, 1.807) is 0 Å². The van der Waals surface area contributed by atoms with Gasteiger partial charge in [0.1, 0.15) is 0 Å². The summed E-state index contributed by atoms with van der Waals surface area (Å²) < 4.78 is 0. The molecule has 0 amide bonds. The van der Waals surface area contributed by atoms with Crippen molar-refractivity contribution < 1.29 is 1.43 Å². The van der Waals surface area contributed by atoms with Gasteiger partial charge in [-0.2, -0.15) is 5.10 Å².